The van der Waals surface area contributed by atoms with Crippen LogP contribution in [-0.2, 0) is 0 Å². The molecule has 1 aromatic carbocycles. The van der Waals surface area contributed by atoms with Crippen molar-refractivity contribution in [2.45, 2.75) is 51.7 Å². The van der Waals surface area contributed by atoms with E-state index in [2.05, 4.69) is 33.8 Å². The summed E-state index contributed by atoms with van der Waals surface area (Å²) >= 11 is 0. The number of aliphatic hydroxyl groups excluding tert-OH is 1. The van der Waals surface area contributed by atoms with E-state index in [0.29, 0.717) is 0 Å². The zero-order chi connectivity index (χ0) is 12.6. The van der Waals surface area contributed by atoms with Crippen molar-refractivity contribution in [1.29, 1.82) is 0 Å². The van der Waals surface area contributed by atoms with Crippen LogP contribution in [0.25, 0.3) is 0 Å². The van der Waals surface area contributed by atoms with Gasteiger partial charge >= 0.3 is 0 Å². The van der Waals surface area contributed by atoms with Crippen LogP contribution < -0.4 is 4.74 Å². The summed E-state index contributed by atoms with van der Waals surface area (Å²) in [5, 5.41) is 10.4. The third-order valence-electron chi connectivity index (χ3n) is 3.51. The first kappa shape index (κ1) is 12.4. The molecule has 0 fully saturated rings. The first-order valence-corrected chi connectivity index (χ1v) is 6.37. The molecular weight excluding hydrogens is 212 g/mol. The molecule has 1 N–H and O–H groups in total. The number of benzene rings is 1. The van der Waals surface area contributed by atoms with Crippen LogP contribution in [0.5, 0.6) is 5.75 Å². The zero-order valence-corrected chi connectivity index (χ0v) is 11.1. The van der Waals surface area contributed by atoms with Gasteiger partial charge in [-0.25, -0.2) is 0 Å². The molecule has 1 aliphatic heterocycles. The summed E-state index contributed by atoms with van der Waals surface area (Å²) in [5.41, 5.74) is 0.947. The van der Waals surface area contributed by atoms with Crippen molar-refractivity contribution in [1.82, 2.24) is 0 Å². The Bertz CT molecular complexity index is 396. The van der Waals surface area contributed by atoms with E-state index in [9.17, 15) is 5.11 Å². The normalized spacial score (nSPS) is 24.0. The predicted molar refractivity (Wildman–Crippen MR) is 69.4 cm³/mol. The number of hydrogen-bond donors (Lipinski definition) is 1. The number of ether oxygens (including phenoxy) is 1. The maximum Gasteiger partial charge on any atom is 0.123 e. The van der Waals surface area contributed by atoms with Gasteiger partial charge in [-0.2, -0.15) is 0 Å². The summed E-state index contributed by atoms with van der Waals surface area (Å²) in [7, 11) is 0. The topological polar surface area (TPSA) is 29.5 Å². The maximum atomic E-state index is 10.4. The van der Waals surface area contributed by atoms with E-state index in [1.165, 1.54) is 0 Å². The molecule has 2 rings (SSSR count). The van der Waals surface area contributed by atoms with E-state index in [1.54, 1.807) is 0 Å². The molecule has 1 aliphatic rings. The third kappa shape index (κ3) is 2.47. The molecular formula is C15H22O2. The van der Waals surface area contributed by atoms with Crippen LogP contribution in [0.1, 0.15) is 45.6 Å². The van der Waals surface area contributed by atoms with Crippen molar-refractivity contribution in [2.75, 3.05) is 0 Å². The number of aliphatic hydroxyl groups is 1. The molecule has 0 aromatic heterocycles. The summed E-state index contributed by atoms with van der Waals surface area (Å²) < 4.78 is 5.97. The quantitative estimate of drug-likeness (QED) is 0.850. The van der Waals surface area contributed by atoms with Gasteiger partial charge in [0.1, 0.15) is 11.4 Å². The minimum absolute atomic E-state index is 0.176. The van der Waals surface area contributed by atoms with E-state index in [4.69, 9.17) is 4.74 Å². The molecule has 2 unspecified atom stereocenters. The van der Waals surface area contributed by atoms with Gasteiger partial charge in [0.15, 0.2) is 0 Å². The second-order valence-corrected chi connectivity index (χ2v) is 5.94. The van der Waals surface area contributed by atoms with Crippen molar-refractivity contribution in [3.63, 3.8) is 0 Å². The Labute approximate surface area is 104 Å². The van der Waals surface area contributed by atoms with Gasteiger partial charge in [0.2, 0.25) is 0 Å². The molecule has 2 nitrogen and oxygen atoms in total. The molecule has 2 heteroatoms. The summed E-state index contributed by atoms with van der Waals surface area (Å²) in [4.78, 5) is 0. The number of hydrogen-bond acceptors (Lipinski definition) is 2. The lowest BCUT2D eigenvalue weighted by Crippen LogP contribution is -2.39. The first-order chi connectivity index (χ1) is 7.91. The van der Waals surface area contributed by atoms with E-state index >= 15 is 0 Å². The molecule has 0 amide bonds. The summed E-state index contributed by atoms with van der Waals surface area (Å²) in [6.45, 7) is 8.30. The highest BCUT2D eigenvalue weighted by Gasteiger charge is 2.37. The Morgan fingerprint density at radius 2 is 1.94 bits per heavy atom. The molecule has 94 valence electrons. The second kappa shape index (κ2) is 4.34. The SMILES string of the molecule is CC(C)C(O)C1CC(C)(C)Oc2ccccc21. The highest BCUT2D eigenvalue weighted by Crippen LogP contribution is 2.43. The summed E-state index contributed by atoms with van der Waals surface area (Å²) in [6.07, 6.45) is 0.558. The summed E-state index contributed by atoms with van der Waals surface area (Å²) in [6, 6.07) is 8.07. The van der Waals surface area contributed by atoms with Crippen LogP contribution in [0.4, 0.5) is 0 Å². The Hall–Kier alpha value is -1.02. The molecule has 0 saturated carbocycles. The maximum absolute atomic E-state index is 10.4. The molecule has 0 saturated heterocycles. The van der Waals surface area contributed by atoms with Crippen LogP contribution in [0, 0.1) is 5.92 Å². The van der Waals surface area contributed by atoms with Gasteiger partial charge in [-0.3, -0.25) is 0 Å². The Morgan fingerprint density at radius 3 is 2.59 bits per heavy atom. The van der Waals surface area contributed by atoms with Gasteiger partial charge in [0.05, 0.1) is 6.10 Å². The van der Waals surface area contributed by atoms with E-state index in [0.717, 1.165) is 17.7 Å². The van der Waals surface area contributed by atoms with Crippen molar-refractivity contribution in [3.8, 4) is 5.75 Å². The Balaban J connectivity index is 2.39. The van der Waals surface area contributed by atoms with Gasteiger partial charge in [0, 0.05) is 5.92 Å². The Morgan fingerprint density at radius 1 is 1.29 bits per heavy atom. The number of fused-ring (bicyclic) bond motifs is 1. The van der Waals surface area contributed by atoms with E-state index in [-0.39, 0.29) is 23.5 Å². The first-order valence-electron chi connectivity index (χ1n) is 6.37. The largest absolute Gasteiger partial charge is 0.488 e. The van der Waals surface area contributed by atoms with Crippen LogP contribution in [0.3, 0.4) is 0 Å². The average Bonchev–Trinajstić information content (AvgIpc) is 2.25. The van der Waals surface area contributed by atoms with Gasteiger partial charge in [-0.15, -0.1) is 0 Å². The minimum atomic E-state index is -0.306. The average molecular weight is 234 g/mol. The summed E-state index contributed by atoms with van der Waals surface area (Å²) in [5.74, 6) is 1.37. The Kier molecular flexibility index (Phi) is 3.17. The van der Waals surface area contributed by atoms with E-state index < -0.39 is 0 Å². The van der Waals surface area contributed by atoms with Crippen molar-refractivity contribution in [3.05, 3.63) is 29.8 Å². The fourth-order valence-corrected chi connectivity index (χ4v) is 2.63. The highest BCUT2D eigenvalue weighted by atomic mass is 16.5. The van der Waals surface area contributed by atoms with Crippen LogP contribution >= 0.6 is 0 Å². The standard InChI is InChI=1S/C15H22O2/c1-10(2)14(16)12-9-15(3,4)17-13-8-6-5-7-11(12)13/h5-8,10,12,14,16H,9H2,1-4H3. The minimum Gasteiger partial charge on any atom is -0.488 e. The third-order valence-corrected chi connectivity index (χ3v) is 3.51. The second-order valence-electron chi connectivity index (χ2n) is 5.94. The lowest BCUT2D eigenvalue weighted by molar-refractivity contribution is 0.0187. The molecule has 0 radical (unpaired) electrons. The smallest absolute Gasteiger partial charge is 0.123 e. The van der Waals surface area contributed by atoms with Crippen molar-refractivity contribution in [2.24, 2.45) is 5.92 Å². The van der Waals surface area contributed by atoms with Crippen molar-refractivity contribution < 1.29 is 9.84 Å². The predicted octanol–water partition coefficient (Wildman–Crippen LogP) is 3.35. The van der Waals surface area contributed by atoms with Crippen LogP contribution in [0.2, 0.25) is 0 Å². The number of para-hydroxylation sites is 1. The number of rotatable bonds is 2. The molecule has 17 heavy (non-hydrogen) atoms. The molecule has 1 heterocycles. The van der Waals surface area contributed by atoms with Crippen LogP contribution in [-0.4, -0.2) is 16.8 Å². The zero-order valence-electron chi connectivity index (χ0n) is 11.1. The monoisotopic (exact) mass is 234 g/mol. The molecule has 0 spiro atoms. The lowest BCUT2D eigenvalue weighted by atomic mass is 9.78. The van der Waals surface area contributed by atoms with Gasteiger partial charge < -0.3 is 9.84 Å². The van der Waals surface area contributed by atoms with Crippen LogP contribution in [0.15, 0.2) is 24.3 Å². The van der Waals surface area contributed by atoms with E-state index in [1.807, 2.05) is 18.2 Å². The molecule has 0 bridgehead atoms. The molecule has 0 aliphatic carbocycles. The van der Waals surface area contributed by atoms with Crippen molar-refractivity contribution >= 4 is 0 Å². The fourth-order valence-electron chi connectivity index (χ4n) is 2.63. The molecule has 1 aromatic rings. The lowest BCUT2D eigenvalue weighted by Gasteiger charge is -2.40. The fraction of sp³-hybridized carbons (Fsp3) is 0.600. The van der Waals surface area contributed by atoms with Gasteiger partial charge in [-0.05, 0) is 37.8 Å². The molecule has 2 atom stereocenters. The highest BCUT2D eigenvalue weighted by molar-refractivity contribution is 5.39. The van der Waals surface area contributed by atoms with Gasteiger partial charge in [-0.1, -0.05) is 32.0 Å². The van der Waals surface area contributed by atoms with Gasteiger partial charge in [0.25, 0.3) is 0 Å².